The normalized spacial score (nSPS) is 16.2. The number of ether oxygens (including phenoxy) is 1. The molecule has 4 rings (SSSR count). The highest BCUT2D eigenvalue weighted by Gasteiger charge is 2.32. The zero-order valence-corrected chi connectivity index (χ0v) is 20.9. The Bertz CT molecular complexity index is 1150. The fourth-order valence-corrected chi connectivity index (χ4v) is 5.13. The van der Waals surface area contributed by atoms with Crippen LogP contribution in [0.2, 0.25) is 0 Å². The number of methoxy groups -OCH3 is 1. The van der Waals surface area contributed by atoms with E-state index in [-0.39, 0.29) is 24.3 Å². The number of carbonyl (C=O) groups is 2. The summed E-state index contributed by atoms with van der Waals surface area (Å²) in [5.74, 6) is -0.166. The molecule has 1 heterocycles. The van der Waals surface area contributed by atoms with Crippen LogP contribution in [0, 0.1) is 5.92 Å². The molecule has 0 atom stereocenters. The summed E-state index contributed by atoms with van der Waals surface area (Å²) in [6, 6.07) is 13.8. The Hall–Kier alpha value is -3.05. The monoisotopic (exact) mass is 475 g/mol. The summed E-state index contributed by atoms with van der Waals surface area (Å²) in [6.07, 6.45) is 5.61. The number of benzene rings is 2. The molecule has 35 heavy (non-hydrogen) atoms. The van der Waals surface area contributed by atoms with Crippen molar-refractivity contribution in [2.75, 3.05) is 33.4 Å². The number of alkyl halides is 1. The Balaban J connectivity index is 1.65. The first-order valence-corrected chi connectivity index (χ1v) is 12.4. The Kier molecular flexibility index (Phi) is 7.97. The second-order valence-electron chi connectivity index (χ2n) is 9.78. The van der Waals surface area contributed by atoms with Gasteiger partial charge in [-0.3, -0.25) is 9.18 Å². The first kappa shape index (κ1) is 25.1. The minimum absolute atomic E-state index is 0.00346. The number of hydrogen-bond donors (Lipinski definition) is 0. The smallest absolute Gasteiger partial charge is 0.337 e. The molecule has 184 valence electrons. The van der Waals surface area contributed by atoms with Crippen molar-refractivity contribution < 1.29 is 18.7 Å². The second-order valence-corrected chi connectivity index (χ2v) is 9.78. The number of ketones is 1. The molecule has 0 unspecified atom stereocenters. The van der Waals surface area contributed by atoms with Gasteiger partial charge in [-0.2, -0.15) is 0 Å². The van der Waals surface area contributed by atoms with Crippen molar-refractivity contribution in [3.8, 4) is 0 Å². The summed E-state index contributed by atoms with van der Waals surface area (Å²) >= 11 is 0. The molecule has 0 amide bonds. The molecular formula is C30H34FNO3. The molecular weight excluding hydrogens is 441 g/mol. The van der Waals surface area contributed by atoms with Crippen LogP contribution in [0.15, 0.2) is 59.7 Å². The molecule has 0 bridgehead atoms. The summed E-state index contributed by atoms with van der Waals surface area (Å²) in [6.45, 7) is 6.05. The number of fused-ring (bicyclic) bond motifs is 1. The number of carbonyl (C=O) groups excluding carboxylic acids is 2. The molecule has 2 aromatic carbocycles. The fraction of sp³-hybridized carbons (Fsp3) is 0.400. The maximum Gasteiger partial charge on any atom is 0.337 e. The Labute approximate surface area is 207 Å². The molecule has 1 aliphatic carbocycles. The number of rotatable bonds is 8. The summed E-state index contributed by atoms with van der Waals surface area (Å²) < 4.78 is 17.3. The van der Waals surface area contributed by atoms with Crippen molar-refractivity contribution in [2.45, 2.75) is 39.5 Å². The zero-order valence-electron chi connectivity index (χ0n) is 20.9. The molecule has 2 aliphatic rings. The lowest BCUT2D eigenvalue weighted by atomic mass is 9.87. The number of Topliss-reactive ketones (excluding diaryl/α,β-unsaturated/α-hetero) is 1. The molecule has 5 heteroatoms. The lowest BCUT2D eigenvalue weighted by Crippen LogP contribution is -2.50. The van der Waals surface area contributed by atoms with E-state index in [4.69, 9.17) is 4.74 Å². The number of allylic oxidation sites excluding steroid dienone is 3. The van der Waals surface area contributed by atoms with Gasteiger partial charge in [-0.25, -0.2) is 4.79 Å². The Morgan fingerprint density at radius 1 is 1.06 bits per heavy atom. The lowest BCUT2D eigenvalue weighted by molar-refractivity contribution is 0.0597. The molecule has 0 saturated carbocycles. The van der Waals surface area contributed by atoms with E-state index in [2.05, 4.69) is 24.8 Å². The van der Waals surface area contributed by atoms with Crippen LogP contribution in [0.4, 0.5) is 4.39 Å². The van der Waals surface area contributed by atoms with Crippen molar-refractivity contribution in [2.24, 2.45) is 5.92 Å². The third-order valence-electron chi connectivity index (χ3n) is 6.87. The molecule has 1 aliphatic heterocycles. The van der Waals surface area contributed by atoms with Crippen molar-refractivity contribution in [3.05, 3.63) is 87.5 Å². The van der Waals surface area contributed by atoms with E-state index in [0.29, 0.717) is 25.1 Å². The summed E-state index contributed by atoms with van der Waals surface area (Å²) in [7, 11) is 1.40. The Morgan fingerprint density at radius 2 is 1.77 bits per heavy atom. The van der Waals surface area contributed by atoms with Crippen LogP contribution in [0.25, 0.3) is 5.57 Å². The summed E-state index contributed by atoms with van der Waals surface area (Å²) in [4.78, 5) is 27.2. The van der Waals surface area contributed by atoms with Crippen molar-refractivity contribution in [1.82, 2.24) is 4.90 Å². The van der Waals surface area contributed by atoms with Crippen LogP contribution >= 0.6 is 0 Å². The van der Waals surface area contributed by atoms with Crippen molar-refractivity contribution in [3.63, 3.8) is 0 Å². The highest BCUT2D eigenvalue weighted by Crippen LogP contribution is 2.37. The molecule has 0 aromatic heterocycles. The van der Waals surface area contributed by atoms with Gasteiger partial charge in [-0.05, 0) is 79.5 Å². The van der Waals surface area contributed by atoms with Gasteiger partial charge in [0.1, 0.15) is 0 Å². The zero-order chi connectivity index (χ0) is 24.9. The van der Waals surface area contributed by atoms with Gasteiger partial charge in [-0.1, -0.05) is 42.0 Å². The summed E-state index contributed by atoms with van der Waals surface area (Å²) in [5.41, 5.74) is 8.31. The predicted molar refractivity (Wildman–Crippen MR) is 137 cm³/mol. The van der Waals surface area contributed by atoms with Crippen molar-refractivity contribution in [1.29, 1.82) is 0 Å². The van der Waals surface area contributed by atoms with Gasteiger partial charge in [0, 0.05) is 31.1 Å². The van der Waals surface area contributed by atoms with Crippen molar-refractivity contribution >= 4 is 17.3 Å². The fourth-order valence-electron chi connectivity index (χ4n) is 5.13. The minimum Gasteiger partial charge on any atom is -0.465 e. The SMILES string of the molecule is COC(=O)c1ccc2c(c1)CCCC(C=C(C)C)=C2c1ccc(C(=O)C2CN(CCCF)C2)cc1. The van der Waals surface area contributed by atoms with Crippen LogP contribution in [0.5, 0.6) is 0 Å². The quantitative estimate of drug-likeness (QED) is 0.344. The number of likely N-dealkylation sites (tertiary alicyclic amines) is 1. The van der Waals surface area contributed by atoms with E-state index < -0.39 is 0 Å². The second kappa shape index (κ2) is 11.1. The van der Waals surface area contributed by atoms with E-state index in [9.17, 15) is 14.0 Å². The lowest BCUT2D eigenvalue weighted by Gasteiger charge is -2.38. The third-order valence-corrected chi connectivity index (χ3v) is 6.87. The third kappa shape index (κ3) is 5.62. The number of aryl methyl sites for hydroxylation is 1. The van der Waals surface area contributed by atoms with E-state index in [1.807, 2.05) is 42.5 Å². The first-order chi connectivity index (χ1) is 16.9. The van der Waals surface area contributed by atoms with Crippen LogP contribution in [0.1, 0.15) is 70.5 Å². The number of hydrogen-bond acceptors (Lipinski definition) is 4. The van der Waals surface area contributed by atoms with E-state index >= 15 is 0 Å². The highest BCUT2D eigenvalue weighted by atomic mass is 19.1. The average Bonchev–Trinajstić information content (AvgIpc) is 3.00. The van der Waals surface area contributed by atoms with Gasteiger partial charge in [0.05, 0.1) is 19.3 Å². The molecule has 0 N–H and O–H groups in total. The molecule has 2 aromatic rings. The van der Waals surface area contributed by atoms with E-state index in [1.54, 1.807) is 0 Å². The molecule has 0 radical (unpaired) electrons. The maximum absolute atomic E-state index is 13.0. The van der Waals surface area contributed by atoms with Crippen LogP contribution in [-0.2, 0) is 11.2 Å². The number of esters is 1. The van der Waals surface area contributed by atoms with Gasteiger partial charge in [0.15, 0.2) is 5.78 Å². The highest BCUT2D eigenvalue weighted by molar-refractivity contribution is 5.99. The van der Waals surface area contributed by atoms with E-state index in [0.717, 1.165) is 53.6 Å². The maximum atomic E-state index is 13.0. The first-order valence-electron chi connectivity index (χ1n) is 12.4. The number of nitrogens with zero attached hydrogens (tertiary/aromatic N) is 1. The largest absolute Gasteiger partial charge is 0.465 e. The van der Waals surface area contributed by atoms with Gasteiger partial charge in [-0.15, -0.1) is 0 Å². The van der Waals surface area contributed by atoms with Crippen LogP contribution in [0.3, 0.4) is 0 Å². The predicted octanol–water partition coefficient (Wildman–Crippen LogP) is 6.05. The van der Waals surface area contributed by atoms with E-state index in [1.165, 1.54) is 18.3 Å². The standard InChI is InChI=1S/C30H34FNO3/c1-20(2)16-24-7-4-6-23-17-25(30(34)35-3)12-13-27(23)28(24)21-8-10-22(11-9-21)29(33)26-18-32(19-26)15-5-14-31/h8-13,16-17,26H,4-7,14-15,18-19H2,1-3H3. The number of halogens is 1. The van der Waals surface area contributed by atoms with Gasteiger partial charge < -0.3 is 9.64 Å². The topological polar surface area (TPSA) is 46.6 Å². The molecule has 0 spiro atoms. The summed E-state index contributed by atoms with van der Waals surface area (Å²) in [5, 5.41) is 0. The van der Waals surface area contributed by atoms with Crippen LogP contribution < -0.4 is 0 Å². The molecule has 1 fully saturated rings. The van der Waals surface area contributed by atoms with Gasteiger partial charge >= 0.3 is 5.97 Å². The average molecular weight is 476 g/mol. The molecule has 4 nitrogen and oxygen atoms in total. The van der Waals surface area contributed by atoms with Crippen LogP contribution in [-0.4, -0.2) is 50.1 Å². The Morgan fingerprint density at radius 3 is 2.43 bits per heavy atom. The minimum atomic E-state index is -0.325. The van der Waals surface area contributed by atoms with Gasteiger partial charge in [0.25, 0.3) is 0 Å². The van der Waals surface area contributed by atoms with Gasteiger partial charge in [0.2, 0.25) is 0 Å². The molecule has 1 saturated heterocycles.